The van der Waals surface area contributed by atoms with Gasteiger partial charge in [0.15, 0.2) is 0 Å². The molecule has 2 aromatic heterocycles. The average Bonchev–Trinajstić information content (AvgIpc) is 3.22. The number of anilines is 2. The maximum atomic E-state index is 13.2. The van der Waals surface area contributed by atoms with Gasteiger partial charge in [0, 0.05) is 18.9 Å². The van der Waals surface area contributed by atoms with Crippen LogP contribution in [0.5, 0.6) is 0 Å². The van der Waals surface area contributed by atoms with Gasteiger partial charge < -0.3 is 10.2 Å². The van der Waals surface area contributed by atoms with Gasteiger partial charge in [-0.05, 0) is 61.9 Å². The number of nitrogens with one attached hydrogen (secondary N) is 1. The molecule has 0 fully saturated rings. The summed E-state index contributed by atoms with van der Waals surface area (Å²) in [5, 5.41) is 7.56. The molecule has 1 aliphatic heterocycles. The highest BCUT2D eigenvalue weighted by atomic mass is 19.1. The maximum absolute atomic E-state index is 13.2. The van der Waals surface area contributed by atoms with Gasteiger partial charge >= 0.3 is 0 Å². The number of hydrogen-bond acceptors (Lipinski definition) is 4. The van der Waals surface area contributed by atoms with E-state index in [0.29, 0.717) is 0 Å². The summed E-state index contributed by atoms with van der Waals surface area (Å²) in [5.74, 6) is -0.00535. The molecule has 4 rings (SSSR count). The van der Waals surface area contributed by atoms with Crippen LogP contribution in [0.25, 0.3) is 0 Å². The molecule has 6 nitrogen and oxygen atoms in total. The number of hydrogen-bond donors (Lipinski definition) is 1. The topological polar surface area (TPSA) is 63.1 Å². The Bertz CT molecular complexity index is 1120. The van der Waals surface area contributed by atoms with Gasteiger partial charge in [0.1, 0.15) is 11.9 Å². The molecule has 176 valence electrons. The minimum atomic E-state index is -0.236. The molecular weight excluding hydrogens is 417 g/mol. The van der Waals surface area contributed by atoms with Crippen LogP contribution in [0.15, 0.2) is 42.7 Å². The largest absolute Gasteiger partial charge is 0.361 e. The highest BCUT2D eigenvalue weighted by molar-refractivity contribution is 6.04. The Hall–Kier alpha value is -3.22. The standard InChI is InChI=1S/C25H30FN5O.CH4/c1-15(2)24-25(32)29-23-16(3)28-21(12-22(23)30(24)5)11-6-18-13-27-31(14-18)17(4)19-7-9-20(26)10-8-19;/h7-10,12-15,17,24H,6,11H2,1-5H3,(H,29,32);1H4/t17-,24+;/m1./s1. The molecular formula is C26H34FN5O. The Morgan fingerprint density at radius 3 is 2.52 bits per heavy atom. The summed E-state index contributed by atoms with van der Waals surface area (Å²) in [6.45, 7) is 8.11. The van der Waals surface area contributed by atoms with E-state index in [1.165, 1.54) is 12.1 Å². The number of fused-ring (bicyclic) bond motifs is 1. The zero-order valence-electron chi connectivity index (χ0n) is 19.3. The van der Waals surface area contributed by atoms with Crippen LogP contribution in [0.2, 0.25) is 0 Å². The monoisotopic (exact) mass is 451 g/mol. The zero-order chi connectivity index (χ0) is 23.0. The molecule has 0 bridgehead atoms. The summed E-state index contributed by atoms with van der Waals surface area (Å²) < 4.78 is 15.1. The Morgan fingerprint density at radius 2 is 1.85 bits per heavy atom. The van der Waals surface area contributed by atoms with Gasteiger partial charge in [0.2, 0.25) is 5.91 Å². The molecule has 33 heavy (non-hydrogen) atoms. The van der Waals surface area contributed by atoms with E-state index in [0.717, 1.165) is 46.7 Å². The summed E-state index contributed by atoms with van der Waals surface area (Å²) in [6.07, 6.45) is 5.51. The Morgan fingerprint density at radius 1 is 1.15 bits per heavy atom. The third-order valence-corrected chi connectivity index (χ3v) is 6.25. The van der Waals surface area contributed by atoms with E-state index in [4.69, 9.17) is 4.98 Å². The van der Waals surface area contributed by atoms with E-state index in [1.54, 1.807) is 12.1 Å². The number of pyridine rings is 1. The summed E-state index contributed by atoms with van der Waals surface area (Å²) in [4.78, 5) is 19.3. The summed E-state index contributed by atoms with van der Waals surface area (Å²) in [7, 11) is 1.98. The summed E-state index contributed by atoms with van der Waals surface area (Å²) in [5.41, 5.74) is 5.79. The predicted octanol–water partition coefficient (Wildman–Crippen LogP) is 5.17. The normalized spacial score (nSPS) is 16.3. The molecule has 0 aliphatic carbocycles. The van der Waals surface area contributed by atoms with Crippen molar-refractivity contribution in [1.29, 1.82) is 0 Å². The maximum Gasteiger partial charge on any atom is 0.247 e. The van der Waals surface area contributed by atoms with Gasteiger partial charge in [-0.1, -0.05) is 33.4 Å². The number of aromatic nitrogens is 3. The fourth-order valence-corrected chi connectivity index (χ4v) is 4.44. The van der Waals surface area contributed by atoms with Gasteiger partial charge in [-0.3, -0.25) is 14.5 Å². The number of halogens is 1. The lowest BCUT2D eigenvalue weighted by atomic mass is 9.97. The van der Waals surface area contributed by atoms with Gasteiger partial charge in [-0.2, -0.15) is 5.10 Å². The van der Waals surface area contributed by atoms with E-state index in [2.05, 4.69) is 35.2 Å². The Balaban J connectivity index is 0.00000306. The van der Waals surface area contributed by atoms with Crippen LogP contribution >= 0.6 is 0 Å². The number of rotatable bonds is 6. The number of benzene rings is 1. The smallest absolute Gasteiger partial charge is 0.247 e. The van der Waals surface area contributed by atoms with E-state index in [9.17, 15) is 9.18 Å². The number of likely N-dealkylation sites (N-methyl/N-ethyl adjacent to an activating group) is 1. The second-order valence-corrected chi connectivity index (χ2v) is 8.94. The number of amides is 1. The molecule has 1 N–H and O–H groups in total. The van der Waals surface area contributed by atoms with Crippen LogP contribution in [0.4, 0.5) is 15.8 Å². The van der Waals surface area contributed by atoms with Gasteiger partial charge in [0.25, 0.3) is 0 Å². The lowest BCUT2D eigenvalue weighted by Gasteiger charge is -2.38. The molecule has 0 saturated heterocycles. The number of nitrogens with zero attached hydrogens (tertiary/aromatic N) is 4. The lowest BCUT2D eigenvalue weighted by Crippen LogP contribution is -2.49. The Kier molecular flexibility index (Phi) is 7.20. The first-order valence-corrected chi connectivity index (χ1v) is 11.1. The van der Waals surface area contributed by atoms with Crippen molar-refractivity contribution in [2.75, 3.05) is 17.3 Å². The van der Waals surface area contributed by atoms with Crippen molar-refractivity contribution in [1.82, 2.24) is 14.8 Å². The van der Waals surface area contributed by atoms with Crippen LogP contribution in [0, 0.1) is 18.7 Å². The quantitative estimate of drug-likeness (QED) is 0.562. The van der Waals surface area contributed by atoms with Gasteiger partial charge in [-0.15, -0.1) is 0 Å². The van der Waals surface area contributed by atoms with Gasteiger partial charge in [-0.25, -0.2) is 4.39 Å². The van der Waals surface area contributed by atoms with Crippen molar-refractivity contribution in [3.8, 4) is 0 Å². The average molecular weight is 452 g/mol. The molecule has 1 amide bonds. The molecule has 1 aliphatic rings. The van der Waals surface area contributed by atoms with E-state index < -0.39 is 0 Å². The fourth-order valence-electron chi connectivity index (χ4n) is 4.44. The molecule has 3 aromatic rings. The number of carbonyl (C=O) groups excluding carboxylic acids is 1. The number of aryl methyl sites for hydroxylation is 3. The first-order valence-electron chi connectivity index (χ1n) is 11.1. The molecule has 1 aromatic carbocycles. The highest BCUT2D eigenvalue weighted by Gasteiger charge is 2.34. The van der Waals surface area contributed by atoms with Crippen LogP contribution in [-0.4, -0.2) is 33.8 Å². The van der Waals surface area contributed by atoms with Crippen LogP contribution in [0.3, 0.4) is 0 Å². The van der Waals surface area contributed by atoms with E-state index >= 15 is 0 Å². The molecule has 0 radical (unpaired) electrons. The third kappa shape index (κ3) is 4.92. The third-order valence-electron chi connectivity index (χ3n) is 6.25. The van der Waals surface area contributed by atoms with Crippen molar-refractivity contribution in [3.63, 3.8) is 0 Å². The number of carbonyl (C=O) groups is 1. The van der Waals surface area contributed by atoms with Crippen molar-refractivity contribution < 1.29 is 9.18 Å². The van der Waals surface area contributed by atoms with Crippen molar-refractivity contribution in [2.24, 2.45) is 5.92 Å². The fraction of sp³-hybridized carbons (Fsp3) is 0.423. The molecule has 0 unspecified atom stereocenters. The van der Waals surface area contributed by atoms with Crippen molar-refractivity contribution in [3.05, 3.63) is 71.1 Å². The first-order chi connectivity index (χ1) is 15.2. The Labute approximate surface area is 195 Å². The molecule has 0 saturated carbocycles. The molecule has 2 atom stereocenters. The molecule has 3 heterocycles. The molecule has 7 heteroatoms. The van der Waals surface area contributed by atoms with Crippen LogP contribution < -0.4 is 10.2 Å². The van der Waals surface area contributed by atoms with E-state index in [1.807, 2.05) is 38.0 Å². The van der Waals surface area contributed by atoms with Crippen LogP contribution in [0.1, 0.15) is 56.8 Å². The lowest BCUT2D eigenvalue weighted by molar-refractivity contribution is -0.118. The second-order valence-electron chi connectivity index (χ2n) is 8.94. The molecule has 0 spiro atoms. The second kappa shape index (κ2) is 9.73. The van der Waals surface area contributed by atoms with Crippen molar-refractivity contribution >= 4 is 17.3 Å². The van der Waals surface area contributed by atoms with Crippen molar-refractivity contribution in [2.45, 2.75) is 60.0 Å². The summed E-state index contributed by atoms with van der Waals surface area (Å²) in [6, 6.07) is 8.46. The zero-order valence-corrected chi connectivity index (χ0v) is 19.3. The van der Waals surface area contributed by atoms with Crippen LogP contribution in [-0.2, 0) is 17.6 Å². The van der Waals surface area contributed by atoms with Gasteiger partial charge in [0.05, 0.1) is 29.3 Å². The summed E-state index contributed by atoms with van der Waals surface area (Å²) >= 11 is 0. The minimum absolute atomic E-state index is 0. The minimum Gasteiger partial charge on any atom is -0.361 e. The first kappa shape index (κ1) is 24.4. The highest BCUT2D eigenvalue weighted by Crippen LogP contribution is 2.35. The predicted molar refractivity (Wildman–Crippen MR) is 131 cm³/mol. The SMILES string of the molecule is C.Cc1nc(CCc2cnn([C@H](C)c3ccc(F)cc3)c2)cc2c1NC(=O)[C@H](C(C)C)N2C. The van der Waals surface area contributed by atoms with E-state index in [-0.39, 0.29) is 37.2 Å².